The molecule has 56 heavy (non-hydrogen) atoms. The van der Waals surface area contributed by atoms with Crippen LogP contribution in [0.5, 0.6) is 0 Å². The quantitative estimate of drug-likeness (QED) is 0.129. The highest BCUT2D eigenvalue weighted by Gasteiger charge is 2.51. The Bertz CT molecular complexity index is 1680. The predicted molar refractivity (Wildman–Crippen MR) is 211 cm³/mol. The highest BCUT2D eigenvalue weighted by molar-refractivity contribution is 6.38. The van der Waals surface area contributed by atoms with Gasteiger partial charge in [-0.05, 0) is 66.9 Å². The largest absolute Gasteiger partial charge is 0.449 e. The van der Waals surface area contributed by atoms with Gasteiger partial charge in [0.2, 0.25) is 23.5 Å². The number of primary amides is 1. The van der Waals surface area contributed by atoms with Gasteiger partial charge in [0.1, 0.15) is 6.04 Å². The molecule has 2 aliphatic rings. The van der Waals surface area contributed by atoms with E-state index in [0.29, 0.717) is 31.2 Å². The lowest BCUT2D eigenvalue weighted by Gasteiger charge is -2.33. The molecule has 0 saturated heterocycles. The highest BCUT2D eigenvalue weighted by atomic mass is 16.5. The molecule has 5 amide bonds. The van der Waals surface area contributed by atoms with Crippen LogP contribution in [0.2, 0.25) is 0 Å². The SMILES string of the molecule is CCCC(NC(=O)C1CC(C)(Cc2ccccc2)CC1C(=O)[C@@H](NC(=O)OCC(C)C)C1CCCCC1)C(=O)C(=O)NCC(=O)N[C@H](C(N)=O)c1ccccc1. The minimum absolute atomic E-state index is 0.103. The fourth-order valence-electron chi connectivity index (χ4n) is 8.19. The molecule has 13 nitrogen and oxygen atoms in total. The van der Waals surface area contributed by atoms with Crippen LogP contribution in [0.25, 0.3) is 0 Å². The summed E-state index contributed by atoms with van der Waals surface area (Å²) < 4.78 is 5.44. The van der Waals surface area contributed by atoms with Gasteiger partial charge in [-0.1, -0.05) is 114 Å². The van der Waals surface area contributed by atoms with Gasteiger partial charge in [0.05, 0.1) is 25.2 Å². The lowest BCUT2D eigenvalue weighted by Crippen LogP contribution is -2.53. The van der Waals surface area contributed by atoms with E-state index in [1.165, 1.54) is 0 Å². The second-order valence-corrected chi connectivity index (χ2v) is 16.2. The Morgan fingerprint density at radius 1 is 0.839 bits per heavy atom. The van der Waals surface area contributed by atoms with E-state index in [1.54, 1.807) is 30.3 Å². The number of carbonyl (C=O) groups is 7. The molecular formula is C43H59N5O8. The maximum Gasteiger partial charge on any atom is 0.407 e. The first kappa shape index (κ1) is 43.7. The van der Waals surface area contributed by atoms with E-state index in [2.05, 4.69) is 28.2 Å². The third-order valence-corrected chi connectivity index (χ3v) is 10.9. The second-order valence-electron chi connectivity index (χ2n) is 16.2. The van der Waals surface area contributed by atoms with Crippen molar-refractivity contribution in [2.24, 2.45) is 34.8 Å². The number of ketones is 2. The van der Waals surface area contributed by atoms with Gasteiger partial charge in [0.15, 0.2) is 5.78 Å². The molecule has 2 aromatic carbocycles. The third kappa shape index (κ3) is 12.5. The van der Waals surface area contributed by atoms with Gasteiger partial charge in [-0.15, -0.1) is 0 Å². The number of ether oxygens (including phenoxy) is 1. The minimum Gasteiger partial charge on any atom is -0.449 e. The number of rotatable bonds is 19. The maximum absolute atomic E-state index is 14.7. The van der Waals surface area contributed by atoms with Crippen LogP contribution in [0.4, 0.5) is 4.79 Å². The summed E-state index contributed by atoms with van der Waals surface area (Å²) in [5, 5.41) is 10.5. The molecule has 2 saturated carbocycles. The molecule has 4 unspecified atom stereocenters. The van der Waals surface area contributed by atoms with E-state index in [4.69, 9.17) is 10.5 Å². The molecule has 2 aromatic rings. The van der Waals surface area contributed by atoms with E-state index >= 15 is 0 Å². The van der Waals surface area contributed by atoms with Crippen LogP contribution in [0.3, 0.4) is 0 Å². The Hall–Kier alpha value is -5.07. The van der Waals surface area contributed by atoms with Crippen molar-refractivity contribution in [3.05, 3.63) is 71.8 Å². The zero-order valence-corrected chi connectivity index (χ0v) is 33.1. The van der Waals surface area contributed by atoms with Crippen molar-refractivity contribution in [2.75, 3.05) is 13.2 Å². The lowest BCUT2D eigenvalue weighted by molar-refractivity contribution is -0.141. The number of benzene rings is 2. The van der Waals surface area contributed by atoms with Crippen LogP contribution in [0.15, 0.2) is 60.7 Å². The Labute approximate surface area is 330 Å². The molecule has 2 fully saturated rings. The fourth-order valence-corrected chi connectivity index (χ4v) is 8.19. The van der Waals surface area contributed by atoms with E-state index in [0.717, 1.165) is 37.7 Å². The van der Waals surface area contributed by atoms with Crippen molar-refractivity contribution in [1.82, 2.24) is 21.3 Å². The summed E-state index contributed by atoms with van der Waals surface area (Å²) in [6.07, 6.45) is 5.73. The van der Waals surface area contributed by atoms with E-state index in [-0.39, 0.29) is 30.6 Å². The fraction of sp³-hybridized carbons (Fsp3) is 0.558. The summed E-state index contributed by atoms with van der Waals surface area (Å²) in [7, 11) is 0. The third-order valence-electron chi connectivity index (χ3n) is 10.9. The van der Waals surface area contributed by atoms with Crippen molar-refractivity contribution < 1.29 is 38.3 Å². The van der Waals surface area contributed by atoms with Crippen LogP contribution >= 0.6 is 0 Å². The van der Waals surface area contributed by atoms with Gasteiger partial charge in [-0.2, -0.15) is 0 Å². The molecule has 304 valence electrons. The topological polar surface area (TPSA) is 203 Å². The summed E-state index contributed by atoms with van der Waals surface area (Å²) in [6, 6.07) is 15.0. The first-order valence-electron chi connectivity index (χ1n) is 20.0. The molecule has 0 heterocycles. The predicted octanol–water partition coefficient (Wildman–Crippen LogP) is 4.47. The normalized spacial score (nSPS) is 21.2. The first-order valence-corrected chi connectivity index (χ1v) is 20.0. The van der Waals surface area contributed by atoms with Crippen molar-refractivity contribution in [3.8, 4) is 0 Å². The number of carbonyl (C=O) groups excluding carboxylic acids is 7. The van der Waals surface area contributed by atoms with Crippen molar-refractivity contribution in [2.45, 2.75) is 110 Å². The average Bonchev–Trinajstić information content (AvgIpc) is 3.54. The van der Waals surface area contributed by atoms with E-state index in [1.807, 2.05) is 51.1 Å². The maximum atomic E-state index is 14.7. The number of hydrogen-bond donors (Lipinski definition) is 5. The molecule has 4 rings (SSSR count). The Balaban J connectivity index is 1.52. The van der Waals surface area contributed by atoms with E-state index in [9.17, 15) is 33.6 Å². The Morgan fingerprint density at radius 2 is 1.46 bits per heavy atom. The molecule has 0 radical (unpaired) electrons. The Kier molecular flexibility index (Phi) is 16.2. The first-order chi connectivity index (χ1) is 26.7. The second kappa shape index (κ2) is 20.7. The summed E-state index contributed by atoms with van der Waals surface area (Å²) in [5.41, 5.74) is 6.55. The number of amides is 5. The van der Waals surface area contributed by atoms with Crippen LogP contribution in [-0.4, -0.2) is 66.5 Å². The van der Waals surface area contributed by atoms with Gasteiger partial charge in [0, 0.05) is 11.8 Å². The summed E-state index contributed by atoms with van der Waals surface area (Å²) in [4.78, 5) is 93.5. The smallest absolute Gasteiger partial charge is 0.407 e. The number of nitrogens with two attached hydrogens (primary N) is 1. The summed E-state index contributed by atoms with van der Waals surface area (Å²) in [5.74, 6) is -5.89. The molecule has 0 spiro atoms. The molecule has 0 bridgehead atoms. The van der Waals surface area contributed by atoms with Crippen molar-refractivity contribution >= 4 is 41.3 Å². The van der Waals surface area contributed by atoms with Gasteiger partial charge in [-0.3, -0.25) is 28.8 Å². The van der Waals surface area contributed by atoms with Crippen LogP contribution < -0.4 is 27.0 Å². The van der Waals surface area contributed by atoms with Gasteiger partial charge in [0.25, 0.3) is 5.91 Å². The standard InChI is InChI=1S/C43H59N5O8/c1-5-15-33(38(51)41(54)45-25-34(49)47-36(39(44)52)30-20-13-8-14-21-30)46-40(53)32-24-43(4,22-28-16-9-6-10-17-28)23-31(32)37(50)35(29-18-11-7-12-19-29)48-42(55)56-26-27(2)3/h6,8-10,13-14,16-17,20-21,27,29,31-33,35-36H,5,7,11-12,15,18-19,22-26H2,1-4H3,(H2,44,52)(H,45,54)(H,46,53)(H,47,49)(H,48,55)/t31?,32?,33?,35-,36-,43?/m0/s1. The number of nitrogens with one attached hydrogen (secondary N) is 4. The molecule has 0 aromatic heterocycles. The molecule has 13 heteroatoms. The van der Waals surface area contributed by atoms with Crippen LogP contribution in [-0.2, 0) is 39.9 Å². The molecule has 6 atom stereocenters. The summed E-state index contributed by atoms with van der Waals surface area (Å²) >= 11 is 0. The van der Waals surface area contributed by atoms with Crippen molar-refractivity contribution in [1.29, 1.82) is 0 Å². The molecule has 0 aliphatic heterocycles. The Morgan fingerprint density at radius 3 is 2.07 bits per heavy atom. The van der Waals surface area contributed by atoms with Gasteiger partial charge < -0.3 is 31.7 Å². The number of hydrogen-bond acceptors (Lipinski definition) is 8. The molecule has 2 aliphatic carbocycles. The molecule has 6 N–H and O–H groups in total. The number of Topliss-reactive ketones (excluding diaryl/α,β-unsaturated/α-hetero) is 2. The number of alkyl carbamates (subject to hydrolysis) is 1. The minimum atomic E-state index is -1.21. The zero-order valence-electron chi connectivity index (χ0n) is 33.1. The van der Waals surface area contributed by atoms with E-state index < -0.39 is 77.4 Å². The van der Waals surface area contributed by atoms with Gasteiger partial charge in [-0.25, -0.2) is 4.79 Å². The van der Waals surface area contributed by atoms with Crippen LogP contribution in [0.1, 0.15) is 103 Å². The average molecular weight is 774 g/mol. The van der Waals surface area contributed by atoms with Crippen LogP contribution in [0, 0.1) is 29.1 Å². The summed E-state index contributed by atoms with van der Waals surface area (Å²) in [6.45, 7) is 7.31. The van der Waals surface area contributed by atoms with Crippen molar-refractivity contribution in [3.63, 3.8) is 0 Å². The van der Waals surface area contributed by atoms with Gasteiger partial charge >= 0.3 is 6.09 Å². The lowest BCUT2D eigenvalue weighted by atomic mass is 9.76. The monoisotopic (exact) mass is 773 g/mol. The highest BCUT2D eigenvalue weighted by Crippen LogP contribution is 2.49. The zero-order chi connectivity index (χ0) is 40.8. The molecular weight excluding hydrogens is 714 g/mol.